The predicted molar refractivity (Wildman–Crippen MR) is 50.7 cm³/mol. The third kappa shape index (κ3) is 4.38. The van der Waals surface area contributed by atoms with E-state index in [-0.39, 0.29) is 0 Å². The molecule has 0 heterocycles. The van der Waals surface area contributed by atoms with Crippen molar-refractivity contribution in [2.75, 3.05) is 26.8 Å². The third-order valence-electron chi connectivity index (χ3n) is 2.20. The fourth-order valence-electron chi connectivity index (χ4n) is 0.902. The highest BCUT2D eigenvalue weighted by Gasteiger charge is 2.06. The first-order valence-corrected chi connectivity index (χ1v) is 4.54. The highest BCUT2D eigenvalue weighted by molar-refractivity contribution is 4.57. The van der Waals surface area contributed by atoms with Crippen molar-refractivity contribution in [1.82, 2.24) is 9.80 Å². The summed E-state index contributed by atoms with van der Waals surface area (Å²) in [6.45, 7) is 12.2. The minimum Gasteiger partial charge on any atom is -0.291 e. The molecule has 0 fully saturated rings. The molecular formula is C9H22N2. The molecular weight excluding hydrogens is 136 g/mol. The lowest BCUT2D eigenvalue weighted by Crippen LogP contribution is -2.38. The molecule has 0 saturated heterocycles. The fraction of sp³-hybridized carbons (Fsp3) is 1.00. The Hall–Kier alpha value is -0.0800. The Balaban J connectivity index is 3.62. The number of nitrogens with zero attached hydrogens (tertiary/aromatic N) is 2. The minimum absolute atomic E-state index is 0.649. The van der Waals surface area contributed by atoms with Crippen LogP contribution >= 0.6 is 0 Å². The van der Waals surface area contributed by atoms with Crippen molar-refractivity contribution < 1.29 is 0 Å². The molecule has 2 nitrogen and oxygen atoms in total. The SMILES string of the molecule is CCN(CC)CN(C)C(C)C. The lowest BCUT2D eigenvalue weighted by Gasteiger charge is -2.28. The summed E-state index contributed by atoms with van der Waals surface area (Å²) in [5.41, 5.74) is 0. The Morgan fingerprint density at radius 2 is 1.55 bits per heavy atom. The molecule has 0 amide bonds. The van der Waals surface area contributed by atoms with Gasteiger partial charge in [-0.05, 0) is 34.0 Å². The molecule has 0 spiro atoms. The normalized spacial score (nSPS) is 12.0. The van der Waals surface area contributed by atoms with Crippen molar-refractivity contribution in [3.63, 3.8) is 0 Å². The number of rotatable bonds is 5. The highest BCUT2D eigenvalue weighted by Crippen LogP contribution is 1.96. The van der Waals surface area contributed by atoms with E-state index in [1.807, 2.05) is 0 Å². The van der Waals surface area contributed by atoms with E-state index in [9.17, 15) is 0 Å². The van der Waals surface area contributed by atoms with E-state index >= 15 is 0 Å². The summed E-state index contributed by atoms with van der Waals surface area (Å²) < 4.78 is 0. The van der Waals surface area contributed by atoms with E-state index < -0.39 is 0 Å². The van der Waals surface area contributed by atoms with Crippen molar-refractivity contribution in [3.05, 3.63) is 0 Å². The van der Waals surface area contributed by atoms with Crippen LogP contribution in [-0.2, 0) is 0 Å². The molecule has 68 valence electrons. The van der Waals surface area contributed by atoms with Crippen LogP contribution in [0.1, 0.15) is 27.7 Å². The first-order valence-electron chi connectivity index (χ1n) is 4.54. The molecule has 0 aliphatic carbocycles. The summed E-state index contributed by atoms with van der Waals surface area (Å²) in [4.78, 5) is 4.77. The van der Waals surface area contributed by atoms with Crippen molar-refractivity contribution in [3.8, 4) is 0 Å². The van der Waals surface area contributed by atoms with E-state index in [2.05, 4.69) is 44.5 Å². The summed E-state index contributed by atoms with van der Waals surface area (Å²) in [6.07, 6.45) is 0. The second-order valence-electron chi connectivity index (χ2n) is 3.30. The summed E-state index contributed by atoms with van der Waals surface area (Å²) in [7, 11) is 2.17. The lowest BCUT2D eigenvalue weighted by atomic mass is 10.3. The molecule has 0 bridgehead atoms. The standard InChI is InChI=1S/C9H22N2/c1-6-11(7-2)8-10(5)9(3)4/h9H,6-8H2,1-5H3. The van der Waals surface area contributed by atoms with E-state index in [4.69, 9.17) is 0 Å². The summed E-state index contributed by atoms with van der Waals surface area (Å²) in [6, 6.07) is 0.649. The van der Waals surface area contributed by atoms with Gasteiger partial charge in [-0.15, -0.1) is 0 Å². The van der Waals surface area contributed by atoms with Gasteiger partial charge in [-0.2, -0.15) is 0 Å². The third-order valence-corrected chi connectivity index (χ3v) is 2.20. The van der Waals surface area contributed by atoms with E-state index in [1.165, 1.54) is 0 Å². The maximum atomic E-state index is 2.42. The molecule has 0 aliphatic heterocycles. The van der Waals surface area contributed by atoms with Gasteiger partial charge in [0.2, 0.25) is 0 Å². The lowest BCUT2D eigenvalue weighted by molar-refractivity contribution is 0.140. The Bertz CT molecular complexity index is 87.6. The minimum atomic E-state index is 0.649. The van der Waals surface area contributed by atoms with Crippen LogP contribution in [0.25, 0.3) is 0 Å². The molecule has 0 radical (unpaired) electrons. The predicted octanol–water partition coefficient (Wildman–Crippen LogP) is 1.63. The van der Waals surface area contributed by atoms with E-state index in [0.29, 0.717) is 6.04 Å². The molecule has 0 atom stereocenters. The second-order valence-corrected chi connectivity index (χ2v) is 3.30. The van der Waals surface area contributed by atoms with Crippen LogP contribution in [0.4, 0.5) is 0 Å². The van der Waals surface area contributed by atoms with Gasteiger partial charge >= 0.3 is 0 Å². The topological polar surface area (TPSA) is 6.48 Å². The van der Waals surface area contributed by atoms with Crippen LogP contribution in [0.2, 0.25) is 0 Å². The average molecular weight is 158 g/mol. The van der Waals surface area contributed by atoms with Gasteiger partial charge in [0.05, 0.1) is 6.67 Å². The monoisotopic (exact) mass is 158 g/mol. The van der Waals surface area contributed by atoms with Gasteiger partial charge in [-0.1, -0.05) is 13.8 Å². The largest absolute Gasteiger partial charge is 0.291 e. The molecule has 0 unspecified atom stereocenters. The zero-order valence-corrected chi connectivity index (χ0v) is 8.59. The zero-order chi connectivity index (χ0) is 8.85. The quantitative estimate of drug-likeness (QED) is 0.561. The van der Waals surface area contributed by atoms with Gasteiger partial charge in [0.1, 0.15) is 0 Å². The zero-order valence-electron chi connectivity index (χ0n) is 8.59. The highest BCUT2D eigenvalue weighted by atomic mass is 15.3. The van der Waals surface area contributed by atoms with Crippen molar-refractivity contribution in [2.45, 2.75) is 33.7 Å². The van der Waals surface area contributed by atoms with Gasteiger partial charge in [-0.3, -0.25) is 9.80 Å². The molecule has 0 aromatic heterocycles. The molecule has 0 saturated carbocycles. The molecule has 0 aromatic rings. The van der Waals surface area contributed by atoms with Crippen molar-refractivity contribution in [1.29, 1.82) is 0 Å². The van der Waals surface area contributed by atoms with Gasteiger partial charge < -0.3 is 0 Å². The van der Waals surface area contributed by atoms with Gasteiger partial charge in [0.15, 0.2) is 0 Å². The van der Waals surface area contributed by atoms with Crippen LogP contribution < -0.4 is 0 Å². The van der Waals surface area contributed by atoms with Crippen LogP contribution in [0.5, 0.6) is 0 Å². The van der Waals surface area contributed by atoms with Gasteiger partial charge in [0, 0.05) is 6.04 Å². The van der Waals surface area contributed by atoms with Gasteiger partial charge in [0.25, 0.3) is 0 Å². The summed E-state index contributed by atoms with van der Waals surface area (Å²) in [5.74, 6) is 0. The molecule has 11 heavy (non-hydrogen) atoms. The Kier molecular flexibility index (Phi) is 5.51. The van der Waals surface area contributed by atoms with Gasteiger partial charge in [-0.25, -0.2) is 0 Å². The maximum Gasteiger partial charge on any atom is 0.0505 e. The second kappa shape index (κ2) is 5.56. The Morgan fingerprint density at radius 1 is 1.09 bits per heavy atom. The molecule has 0 aliphatic rings. The first-order chi connectivity index (χ1) is 5.11. The Morgan fingerprint density at radius 3 is 1.82 bits per heavy atom. The van der Waals surface area contributed by atoms with E-state index in [0.717, 1.165) is 19.8 Å². The number of hydrogen-bond acceptors (Lipinski definition) is 2. The summed E-state index contributed by atoms with van der Waals surface area (Å²) in [5, 5.41) is 0. The first kappa shape index (κ1) is 10.9. The maximum absolute atomic E-state index is 2.42. The van der Waals surface area contributed by atoms with Crippen LogP contribution in [-0.4, -0.2) is 42.6 Å². The smallest absolute Gasteiger partial charge is 0.0505 e. The fourth-order valence-corrected chi connectivity index (χ4v) is 0.902. The Labute approximate surface area is 71.2 Å². The van der Waals surface area contributed by atoms with Crippen LogP contribution in [0, 0.1) is 0 Å². The van der Waals surface area contributed by atoms with Crippen LogP contribution in [0.15, 0.2) is 0 Å². The number of hydrogen-bond donors (Lipinski definition) is 0. The average Bonchev–Trinajstić information content (AvgIpc) is 1.99. The van der Waals surface area contributed by atoms with Crippen LogP contribution in [0.3, 0.4) is 0 Å². The van der Waals surface area contributed by atoms with E-state index in [1.54, 1.807) is 0 Å². The van der Waals surface area contributed by atoms with Crippen molar-refractivity contribution in [2.24, 2.45) is 0 Å². The molecule has 0 aromatic carbocycles. The molecule has 0 rings (SSSR count). The van der Waals surface area contributed by atoms with Crippen molar-refractivity contribution >= 4 is 0 Å². The molecule has 2 heteroatoms. The summed E-state index contributed by atoms with van der Waals surface area (Å²) >= 11 is 0. The molecule has 0 N–H and O–H groups in total.